The molecule has 110 valence electrons. The number of aryl methyl sites for hydroxylation is 1. The second kappa shape index (κ2) is 6.93. The highest BCUT2D eigenvalue weighted by atomic mass is 16.4. The van der Waals surface area contributed by atoms with Gasteiger partial charge in [-0.1, -0.05) is 13.8 Å². The van der Waals surface area contributed by atoms with E-state index in [1.165, 1.54) is 12.1 Å². The quantitative estimate of drug-likeness (QED) is 0.745. The molecule has 5 heteroatoms. The highest BCUT2D eigenvalue weighted by Crippen LogP contribution is 2.17. The Bertz CT molecular complexity index is 497. The van der Waals surface area contributed by atoms with Crippen molar-refractivity contribution in [1.29, 1.82) is 0 Å². The molecule has 1 unspecified atom stereocenters. The van der Waals surface area contributed by atoms with Gasteiger partial charge in [-0.05, 0) is 43.0 Å². The lowest BCUT2D eigenvalue weighted by molar-refractivity contribution is -0.142. The zero-order valence-corrected chi connectivity index (χ0v) is 12.0. The monoisotopic (exact) mass is 279 g/mol. The first-order valence-electron chi connectivity index (χ1n) is 6.62. The van der Waals surface area contributed by atoms with E-state index in [4.69, 9.17) is 5.11 Å². The van der Waals surface area contributed by atoms with Gasteiger partial charge >= 0.3 is 5.97 Å². The highest BCUT2D eigenvalue weighted by molar-refractivity contribution is 5.94. The molecule has 1 amide bonds. The normalized spacial score (nSPS) is 12.2. The number of phenols is 1. The molecule has 0 heterocycles. The number of amides is 1. The van der Waals surface area contributed by atoms with Crippen molar-refractivity contribution in [2.75, 3.05) is 6.54 Å². The highest BCUT2D eigenvalue weighted by Gasteiger charge is 2.20. The van der Waals surface area contributed by atoms with Gasteiger partial charge in [0.2, 0.25) is 0 Å². The fourth-order valence-corrected chi connectivity index (χ4v) is 1.96. The van der Waals surface area contributed by atoms with E-state index in [0.717, 1.165) is 0 Å². The van der Waals surface area contributed by atoms with E-state index in [0.29, 0.717) is 17.5 Å². The van der Waals surface area contributed by atoms with Crippen molar-refractivity contribution in [3.63, 3.8) is 0 Å². The standard InChI is InChI=1S/C15H21NO4/c1-9(2)6-12(15(19)20)8-16-14(18)11-4-5-13(17)10(3)7-11/h4-5,7,9,12,17H,6,8H2,1-3H3,(H,16,18)(H,19,20). The summed E-state index contributed by atoms with van der Waals surface area (Å²) in [5, 5.41) is 21.1. The molecule has 1 aromatic carbocycles. The predicted octanol–water partition coefficient (Wildman–Crippen LogP) is 2.18. The first-order chi connectivity index (χ1) is 9.31. The molecule has 0 spiro atoms. The van der Waals surface area contributed by atoms with Crippen molar-refractivity contribution in [3.05, 3.63) is 29.3 Å². The van der Waals surface area contributed by atoms with Crippen molar-refractivity contribution in [2.45, 2.75) is 27.2 Å². The summed E-state index contributed by atoms with van der Waals surface area (Å²) >= 11 is 0. The van der Waals surface area contributed by atoms with Gasteiger partial charge in [0.15, 0.2) is 0 Å². The van der Waals surface area contributed by atoms with Crippen molar-refractivity contribution >= 4 is 11.9 Å². The van der Waals surface area contributed by atoms with Crippen LogP contribution in [0.15, 0.2) is 18.2 Å². The molecule has 0 radical (unpaired) electrons. The molecule has 1 rings (SSSR count). The molecule has 5 nitrogen and oxygen atoms in total. The minimum absolute atomic E-state index is 0.103. The SMILES string of the molecule is Cc1cc(C(=O)NCC(CC(C)C)C(=O)O)ccc1O. The van der Waals surface area contributed by atoms with E-state index in [1.54, 1.807) is 13.0 Å². The number of nitrogens with one attached hydrogen (secondary N) is 1. The largest absolute Gasteiger partial charge is 0.508 e. The molecular weight excluding hydrogens is 258 g/mol. The van der Waals surface area contributed by atoms with Gasteiger partial charge in [-0.25, -0.2) is 0 Å². The van der Waals surface area contributed by atoms with Crippen LogP contribution in [0.2, 0.25) is 0 Å². The molecule has 0 saturated carbocycles. The van der Waals surface area contributed by atoms with Crippen LogP contribution in [-0.4, -0.2) is 28.6 Å². The number of hydrogen-bond acceptors (Lipinski definition) is 3. The number of phenolic OH excluding ortho intramolecular Hbond substituents is 1. The summed E-state index contributed by atoms with van der Waals surface area (Å²) < 4.78 is 0. The summed E-state index contributed by atoms with van der Waals surface area (Å²) in [5.41, 5.74) is 1.02. The van der Waals surface area contributed by atoms with Crippen molar-refractivity contribution in [2.24, 2.45) is 11.8 Å². The van der Waals surface area contributed by atoms with Crippen LogP contribution in [0.1, 0.15) is 36.2 Å². The number of rotatable bonds is 6. The summed E-state index contributed by atoms with van der Waals surface area (Å²) in [6, 6.07) is 4.53. The van der Waals surface area contributed by atoms with Gasteiger partial charge in [0.1, 0.15) is 5.75 Å². The van der Waals surface area contributed by atoms with Gasteiger partial charge < -0.3 is 15.5 Å². The Morgan fingerprint density at radius 3 is 2.45 bits per heavy atom. The van der Waals surface area contributed by atoms with Crippen LogP contribution >= 0.6 is 0 Å². The molecular formula is C15H21NO4. The van der Waals surface area contributed by atoms with Gasteiger partial charge in [-0.3, -0.25) is 9.59 Å². The lowest BCUT2D eigenvalue weighted by Crippen LogP contribution is -2.33. The molecule has 0 aliphatic heterocycles. The average Bonchev–Trinajstić information content (AvgIpc) is 2.36. The van der Waals surface area contributed by atoms with E-state index in [-0.39, 0.29) is 24.1 Å². The number of carboxylic acids is 1. The van der Waals surface area contributed by atoms with Crippen LogP contribution in [-0.2, 0) is 4.79 Å². The van der Waals surface area contributed by atoms with Crippen molar-refractivity contribution < 1.29 is 19.8 Å². The Hall–Kier alpha value is -2.04. The van der Waals surface area contributed by atoms with Crippen LogP contribution in [0.4, 0.5) is 0 Å². The summed E-state index contributed by atoms with van der Waals surface area (Å²) in [6.07, 6.45) is 0.518. The van der Waals surface area contributed by atoms with Gasteiger partial charge in [0.25, 0.3) is 5.91 Å². The number of aliphatic carboxylic acids is 1. The average molecular weight is 279 g/mol. The van der Waals surface area contributed by atoms with Gasteiger partial charge in [-0.15, -0.1) is 0 Å². The summed E-state index contributed by atoms with van der Waals surface area (Å²) in [4.78, 5) is 23.0. The molecule has 0 aromatic heterocycles. The van der Waals surface area contributed by atoms with Gasteiger partial charge in [-0.2, -0.15) is 0 Å². The molecule has 20 heavy (non-hydrogen) atoms. The zero-order chi connectivity index (χ0) is 15.3. The Kier molecular flexibility index (Phi) is 5.55. The van der Waals surface area contributed by atoms with E-state index in [9.17, 15) is 14.7 Å². The number of aromatic hydroxyl groups is 1. The van der Waals surface area contributed by atoms with Crippen molar-refractivity contribution in [1.82, 2.24) is 5.32 Å². The Balaban J connectivity index is 2.65. The molecule has 0 bridgehead atoms. The zero-order valence-electron chi connectivity index (χ0n) is 12.0. The Morgan fingerprint density at radius 1 is 1.30 bits per heavy atom. The minimum atomic E-state index is -0.902. The lowest BCUT2D eigenvalue weighted by Gasteiger charge is -2.15. The van der Waals surface area contributed by atoms with Crippen LogP contribution < -0.4 is 5.32 Å². The van der Waals surface area contributed by atoms with Crippen molar-refractivity contribution in [3.8, 4) is 5.75 Å². The fourth-order valence-electron chi connectivity index (χ4n) is 1.96. The van der Waals surface area contributed by atoms with E-state index >= 15 is 0 Å². The third-order valence-electron chi connectivity index (χ3n) is 3.07. The number of carboxylic acid groups (broad SMARTS) is 1. The van der Waals surface area contributed by atoms with Gasteiger partial charge in [0.05, 0.1) is 5.92 Å². The third-order valence-corrected chi connectivity index (χ3v) is 3.07. The molecule has 1 atom stereocenters. The van der Waals surface area contributed by atoms with Crippen LogP contribution in [0, 0.1) is 18.8 Å². The molecule has 3 N–H and O–H groups in total. The summed E-state index contributed by atoms with van der Waals surface area (Å²) in [5.74, 6) is -1.44. The van der Waals surface area contributed by atoms with Crippen LogP contribution in [0.25, 0.3) is 0 Å². The summed E-state index contributed by atoms with van der Waals surface area (Å²) in [6.45, 7) is 5.69. The third kappa shape index (κ3) is 4.57. The number of carbonyl (C=O) groups excluding carboxylic acids is 1. The molecule has 0 saturated heterocycles. The first-order valence-corrected chi connectivity index (χ1v) is 6.62. The molecule has 0 aliphatic carbocycles. The predicted molar refractivity (Wildman–Crippen MR) is 75.8 cm³/mol. The topological polar surface area (TPSA) is 86.6 Å². The maximum absolute atomic E-state index is 11.9. The maximum Gasteiger partial charge on any atom is 0.308 e. The molecule has 0 aliphatic rings. The molecule has 1 aromatic rings. The number of carbonyl (C=O) groups is 2. The minimum Gasteiger partial charge on any atom is -0.508 e. The second-order valence-electron chi connectivity index (χ2n) is 5.38. The van der Waals surface area contributed by atoms with E-state index < -0.39 is 11.9 Å². The second-order valence-corrected chi connectivity index (χ2v) is 5.38. The maximum atomic E-state index is 11.9. The Morgan fingerprint density at radius 2 is 1.95 bits per heavy atom. The number of benzene rings is 1. The van der Waals surface area contributed by atoms with E-state index in [1.807, 2.05) is 13.8 Å². The smallest absolute Gasteiger partial charge is 0.308 e. The Labute approximate surface area is 118 Å². The van der Waals surface area contributed by atoms with Crippen LogP contribution in [0.5, 0.6) is 5.75 Å². The molecule has 0 fully saturated rings. The first kappa shape index (κ1) is 16.0. The van der Waals surface area contributed by atoms with E-state index in [2.05, 4.69) is 5.32 Å². The van der Waals surface area contributed by atoms with Crippen LogP contribution in [0.3, 0.4) is 0 Å². The van der Waals surface area contributed by atoms with Gasteiger partial charge in [0, 0.05) is 12.1 Å². The number of hydrogen-bond donors (Lipinski definition) is 3. The fraction of sp³-hybridized carbons (Fsp3) is 0.467. The lowest BCUT2D eigenvalue weighted by atomic mass is 9.97. The summed E-state index contributed by atoms with van der Waals surface area (Å²) in [7, 11) is 0.